The highest BCUT2D eigenvalue weighted by Gasteiger charge is 2.33. The summed E-state index contributed by atoms with van der Waals surface area (Å²) in [4.78, 5) is 20.8. The van der Waals surface area contributed by atoms with Gasteiger partial charge in [0.2, 0.25) is 12.2 Å². The van der Waals surface area contributed by atoms with Crippen molar-refractivity contribution < 1.29 is 14.6 Å². The number of benzene rings is 1. The van der Waals surface area contributed by atoms with Crippen molar-refractivity contribution in [2.75, 3.05) is 23.1 Å². The fourth-order valence-electron chi connectivity index (χ4n) is 2.34. The van der Waals surface area contributed by atoms with Crippen molar-refractivity contribution in [2.24, 2.45) is 0 Å². The van der Waals surface area contributed by atoms with Gasteiger partial charge in [-0.25, -0.2) is 14.8 Å². The van der Waals surface area contributed by atoms with Crippen molar-refractivity contribution in [1.82, 2.24) is 9.97 Å². The molecule has 0 radical (unpaired) electrons. The van der Waals surface area contributed by atoms with E-state index in [9.17, 15) is 4.79 Å². The van der Waals surface area contributed by atoms with Gasteiger partial charge in [-0.2, -0.15) is 0 Å². The Morgan fingerprint density at radius 1 is 1.41 bits per heavy atom. The molecule has 2 aromatic rings. The number of rotatable bonds is 4. The molecular weight excluding hydrogens is 286 g/mol. The van der Waals surface area contributed by atoms with Gasteiger partial charge in [0.1, 0.15) is 5.69 Å². The van der Waals surface area contributed by atoms with Gasteiger partial charge >= 0.3 is 5.97 Å². The van der Waals surface area contributed by atoms with Gasteiger partial charge in [0.25, 0.3) is 0 Å². The summed E-state index contributed by atoms with van der Waals surface area (Å²) in [5, 5.41) is 12.1. The van der Waals surface area contributed by atoms with E-state index >= 15 is 0 Å². The smallest absolute Gasteiger partial charge is 0.374 e. The van der Waals surface area contributed by atoms with Crippen molar-refractivity contribution in [3.05, 3.63) is 41.7 Å². The first-order valence-corrected chi connectivity index (χ1v) is 6.61. The number of anilines is 3. The highest BCUT2D eigenvalue weighted by Crippen LogP contribution is 2.37. The normalized spacial score (nSPS) is 16.2. The molecule has 1 aliphatic rings. The van der Waals surface area contributed by atoms with Crippen molar-refractivity contribution in [3.8, 4) is 0 Å². The van der Waals surface area contributed by atoms with Crippen LogP contribution in [0.25, 0.3) is 0 Å². The quantitative estimate of drug-likeness (QED) is 0.770. The molecule has 114 valence electrons. The lowest BCUT2D eigenvalue weighted by Crippen LogP contribution is -2.37. The van der Waals surface area contributed by atoms with Gasteiger partial charge in [-0.1, -0.05) is 30.3 Å². The summed E-state index contributed by atoms with van der Waals surface area (Å²) in [5.41, 5.74) is 7.34. The molecule has 0 fully saturated rings. The molecule has 8 heteroatoms. The summed E-state index contributed by atoms with van der Waals surface area (Å²) in [6, 6.07) is 9.72. The van der Waals surface area contributed by atoms with Crippen molar-refractivity contribution in [2.45, 2.75) is 12.9 Å². The van der Waals surface area contributed by atoms with E-state index in [4.69, 9.17) is 15.6 Å². The summed E-state index contributed by atoms with van der Waals surface area (Å²) >= 11 is 0. The van der Waals surface area contributed by atoms with Crippen LogP contribution in [0.15, 0.2) is 30.3 Å². The Balaban J connectivity index is 2.01. The average Bonchev–Trinajstić information content (AvgIpc) is 2.87. The van der Waals surface area contributed by atoms with Crippen LogP contribution in [0.5, 0.6) is 0 Å². The second-order valence-corrected chi connectivity index (χ2v) is 4.78. The van der Waals surface area contributed by atoms with E-state index in [1.165, 1.54) is 0 Å². The highest BCUT2D eigenvalue weighted by atomic mass is 16.5. The number of carboxylic acid groups (broad SMARTS) is 1. The fourth-order valence-corrected chi connectivity index (χ4v) is 2.34. The van der Waals surface area contributed by atoms with Crippen LogP contribution in [0.1, 0.15) is 16.2 Å². The molecule has 2 heterocycles. The maximum Gasteiger partial charge on any atom is 0.374 e. The molecule has 0 saturated carbocycles. The van der Waals surface area contributed by atoms with Gasteiger partial charge in [0.15, 0.2) is 11.6 Å². The first-order valence-electron chi connectivity index (χ1n) is 6.61. The third-order valence-electron chi connectivity index (χ3n) is 3.35. The molecule has 0 saturated heterocycles. The number of hydrogen-bond donors (Lipinski definition) is 3. The maximum atomic E-state index is 11.1. The van der Waals surface area contributed by atoms with Gasteiger partial charge in [-0.15, -0.1) is 0 Å². The first-order chi connectivity index (χ1) is 10.6. The summed E-state index contributed by atoms with van der Waals surface area (Å²) in [6.07, 6.45) is -0.490. The summed E-state index contributed by atoms with van der Waals surface area (Å²) < 4.78 is 5.38. The molecule has 0 spiro atoms. The van der Waals surface area contributed by atoms with Crippen molar-refractivity contribution in [1.29, 1.82) is 0 Å². The molecular formula is C14H15N5O3. The maximum absolute atomic E-state index is 11.1. The van der Waals surface area contributed by atoms with Crippen molar-refractivity contribution in [3.63, 3.8) is 0 Å². The number of ether oxygens (including phenoxy) is 1. The lowest BCUT2D eigenvalue weighted by atomic mass is 10.2. The number of carbonyl (C=O) groups is 1. The molecule has 8 nitrogen and oxygen atoms in total. The standard InChI is InChI=1S/C14H15N5O3/c1-22-14-16-9-10(15)17-11(13(20)21)18-12(9)19(14)7-8-5-3-2-4-6-8/h2-6,14,16H,7H2,1H3,(H,20,21)(H2,15,17,18). The minimum atomic E-state index is -1.23. The molecule has 0 aliphatic carbocycles. The third-order valence-corrected chi connectivity index (χ3v) is 3.35. The largest absolute Gasteiger partial charge is 0.475 e. The molecule has 0 amide bonds. The molecule has 0 bridgehead atoms. The number of nitrogens with zero attached hydrogens (tertiary/aromatic N) is 3. The number of methoxy groups -OCH3 is 1. The Labute approximate surface area is 126 Å². The van der Waals surface area contributed by atoms with E-state index in [0.717, 1.165) is 5.56 Å². The Hall–Kier alpha value is -2.87. The molecule has 1 aromatic carbocycles. The van der Waals surface area contributed by atoms with Crippen LogP contribution in [0, 0.1) is 0 Å². The van der Waals surface area contributed by atoms with Gasteiger partial charge < -0.3 is 25.8 Å². The number of nitrogens with one attached hydrogen (secondary N) is 1. The number of nitrogen functional groups attached to an aromatic ring is 1. The Morgan fingerprint density at radius 3 is 2.77 bits per heavy atom. The van der Waals surface area contributed by atoms with Crippen LogP contribution in [-0.2, 0) is 11.3 Å². The number of hydrogen-bond acceptors (Lipinski definition) is 7. The van der Waals surface area contributed by atoms with E-state index in [-0.39, 0.29) is 11.6 Å². The monoisotopic (exact) mass is 301 g/mol. The van der Waals surface area contributed by atoms with E-state index in [0.29, 0.717) is 18.1 Å². The van der Waals surface area contributed by atoms with Gasteiger partial charge in [0, 0.05) is 13.7 Å². The van der Waals surface area contributed by atoms with Crippen LogP contribution < -0.4 is 16.0 Å². The predicted octanol–water partition coefficient (Wildman–Crippen LogP) is 1.12. The van der Waals surface area contributed by atoms with Crippen LogP contribution in [0.3, 0.4) is 0 Å². The van der Waals surface area contributed by atoms with Gasteiger partial charge in [-0.05, 0) is 5.56 Å². The summed E-state index contributed by atoms with van der Waals surface area (Å²) in [5.74, 6) is -1.07. The fraction of sp³-hybridized carbons (Fsp3) is 0.214. The highest BCUT2D eigenvalue weighted by molar-refractivity contribution is 5.88. The third kappa shape index (κ3) is 2.40. The van der Waals surface area contributed by atoms with Crippen LogP contribution in [0.2, 0.25) is 0 Å². The molecule has 1 atom stereocenters. The molecule has 22 heavy (non-hydrogen) atoms. The molecule has 1 unspecified atom stereocenters. The van der Waals surface area contributed by atoms with E-state index < -0.39 is 12.3 Å². The number of nitrogens with two attached hydrogens (primary N) is 1. The predicted molar refractivity (Wildman–Crippen MR) is 80.4 cm³/mol. The van der Waals surface area contributed by atoms with Crippen LogP contribution in [0.4, 0.5) is 17.3 Å². The van der Waals surface area contributed by atoms with Gasteiger partial charge in [-0.3, -0.25) is 0 Å². The van der Waals surface area contributed by atoms with Crippen LogP contribution in [-0.4, -0.2) is 34.5 Å². The Kier molecular flexibility index (Phi) is 3.51. The van der Waals surface area contributed by atoms with E-state index in [1.807, 2.05) is 30.3 Å². The number of aromatic nitrogens is 2. The summed E-state index contributed by atoms with van der Waals surface area (Å²) in [6.45, 7) is 0.495. The molecule has 1 aliphatic heterocycles. The average molecular weight is 301 g/mol. The second kappa shape index (κ2) is 5.49. The Bertz CT molecular complexity index is 707. The molecule has 3 rings (SSSR count). The SMILES string of the molecule is COC1Nc2c(N)nc(C(=O)O)nc2N1Cc1ccccc1. The van der Waals surface area contributed by atoms with Crippen molar-refractivity contribution >= 4 is 23.3 Å². The lowest BCUT2D eigenvalue weighted by Gasteiger charge is -2.24. The molecule has 1 aromatic heterocycles. The topological polar surface area (TPSA) is 114 Å². The van der Waals surface area contributed by atoms with Gasteiger partial charge in [0.05, 0.1) is 0 Å². The summed E-state index contributed by atoms with van der Waals surface area (Å²) in [7, 11) is 1.54. The minimum absolute atomic E-state index is 0.0833. The first kappa shape index (κ1) is 14.1. The van der Waals surface area contributed by atoms with E-state index in [1.54, 1.807) is 12.0 Å². The number of aromatic carboxylic acids is 1. The lowest BCUT2D eigenvalue weighted by molar-refractivity contribution is 0.0683. The van der Waals surface area contributed by atoms with E-state index in [2.05, 4.69) is 15.3 Å². The Morgan fingerprint density at radius 2 is 2.14 bits per heavy atom. The number of fused-ring (bicyclic) bond motifs is 1. The zero-order valence-corrected chi connectivity index (χ0v) is 11.9. The zero-order valence-electron chi connectivity index (χ0n) is 11.9. The minimum Gasteiger partial charge on any atom is -0.475 e. The molecule has 4 N–H and O–H groups in total. The second-order valence-electron chi connectivity index (χ2n) is 4.78. The zero-order chi connectivity index (χ0) is 15.7. The number of carboxylic acids is 1. The van der Waals surface area contributed by atoms with Crippen LogP contribution >= 0.6 is 0 Å².